The first-order valence-electron chi connectivity index (χ1n) is 11.7. The number of nitrogens with zero attached hydrogens (tertiary/aromatic N) is 2. The third kappa shape index (κ3) is 5.76. The molecule has 2 amide bonds. The monoisotopic (exact) mass is 457 g/mol. The number of anilines is 2. The molecule has 3 aromatic rings. The van der Waals surface area contributed by atoms with Crippen molar-refractivity contribution < 1.29 is 14.3 Å². The maximum Gasteiger partial charge on any atom is 0.255 e. The number of ether oxygens (including phenoxy) is 1. The number of aryl methyl sites for hydroxylation is 1. The number of carbonyl (C=O) groups is 2. The average Bonchev–Trinajstić information content (AvgIpc) is 2.89. The van der Waals surface area contributed by atoms with E-state index in [2.05, 4.69) is 17.1 Å². The van der Waals surface area contributed by atoms with Gasteiger partial charge in [0.2, 0.25) is 5.91 Å². The molecule has 0 unspecified atom stereocenters. The number of amides is 2. The predicted molar refractivity (Wildman–Crippen MR) is 136 cm³/mol. The molecule has 0 bridgehead atoms. The standard InChI is InChI=1S/C28H31N3O3/c1-3-21-4-8-23(9-5-21)28(33)29-24-10-12-25(13-11-24)30-16-18-31(19-17-30)27(32)20-22-6-14-26(34-2)15-7-22/h4-15H,3,16-20H2,1-2H3,(H,29,33). The molecular weight excluding hydrogens is 426 g/mol. The van der Waals surface area contributed by atoms with E-state index in [-0.39, 0.29) is 11.8 Å². The zero-order valence-corrected chi connectivity index (χ0v) is 19.8. The van der Waals surface area contributed by atoms with Crippen molar-refractivity contribution in [3.63, 3.8) is 0 Å². The van der Waals surface area contributed by atoms with E-state index >= 15 is 0 Å². The van der Waals surface area contributed by atoms with E-state index in [1.807, 2.05) is 77.7 Å². The van der Waals surface area contributed by atoms with Gasteiger partial charge in [-0.2, -0.15) is 0 Å². The van der Waals surface area contributed by atoms with Crippen LogP contribution in [0.2, 0.25) is 0 Å². The van der Waals surface area contributed by atoms with Gasteiger partial charge in [0.15, 0.2) is 0 Å². The molecule has 3 aromatic carbocycles. The fourth-order valence-corrected chi connectivity index (χ4v) is 4.09. The summed E-state index contributed by atoms with van der Waals surface area (Å²) in [4.78, 5) is 29.4. The molecule has 0 aliphatic carbocycles. The van der Waals surface area contributed by atoms with Gasteiger partial charge >= 0.3 is 0 Å². The van der Waals surface area contributed by atoms with Crippen LogP contribution in [0.25, 0.3) is 0 Å². The maximum absolute atomic E-state index is 12.7. The van der Waals surface area contributed by atoms with E-state index in [0.29, 0.717) is 25.1 Å². The number of methoxy groups -OCH3 is 1. The van der Waals surface area contributed by atoms with E-state index in [1.54, 1.807) is 7.11 Å². The molecule has 34 heavy (non-hydrogen) atoms. The summed E-state index contributed by atoms with van der Waals surface area (Å²) >= 11 is 0. The lowest BCUT2D eigenvalue weighted by atomic mass is 10.1. The molecule has 0 aromatic heterocycles. The molecule has 1 aliphatic heterocycles. The second kappa shape index (κ2) is 10.9. The number of nitrogens with one attached hydrogen (secondary N) is 1. The summed E-state index contributed by atoms with van der Waals surface area (Å²) in [5.74, 6) is 0.829. The van der Waals surface area contributed by atoms with Crippen molar-refractivity contribution in [2.75, 3.05) is 43.5 Å². The lowest BCUT2D eigenvalue weighted by molar-refractivity contribution is -0.130. The summed E-state index contributed by atoms with van der Waals surface area (Å²) in [5.41, 5.74) is 4.71. The smallest absolute Gasteiger partial charge is 0.255 e. The molecule has 0 saturated carbocycles. The van der Waals surface area contributed by atoms with Crippen LogP contribution in [-0.4, -0.2) is 50.0 Å². The highest BCUT2D eigenvalue weighted by atomic mass is 16.5. The van der Waals surface area contributed by atoms with E-state index in [4.69, 9.17) is 4.74 Å². The number of piperazine rings is 1. The fourth-order valence-electron chi connectivity index (χ4n) is 4.09. The zero-order chi connectivity index (χ0) is 23.9. The van der Waals surface area contributed by atoms with Crippen LogP contribution in [0.3, 0.4) is 0 Å². The molecule has 1 saturated heterocycles. The molecule has 0 spiro atoms. The fraction of sp³-hybridized carbons (Fsp3) is 0.286. The lowest BCUT2D eigenvalue weighted by Crippen LogP contribution is -2.49. The molecule has 1 fully saturated rings. The first-order chi connectivity index (χ1) is 16.6. The van der Waals surface area contributed by atoms with E-state index in [9.17, 15) is 9.59 Å². The Balaban J connectivity index is 1.27. The van der Waals surface area contributed by atoms with Crippen LogP contribution in [0.4, 0.5) is 11.4 Å². The molecule has 1 aliphatic rings. The molecule has 4 rings (SSSR count). The summed E-state index contributed by atoms with van der Waals surface area (Å²) in [5, 5.41) is 2.96. The molecule has 176 valence electrons. The molecule has 1 heterocycles. The molecule has 1 N–H and O–H groups in total. The van der Waals surface area contributed by atoms with Crippen LogP contribution in [0.1, 0.15) is 28.4 Å². The first kappa shape index (κ1) is 23.4. The van der Waals surface area contributed by atoms with Crippen LogP contribution in [-0.2, 0) is 17.6 Å². The largest absolute Gasteiger partial charge is 0.497 e. The average molecular weight is 458 g/mol. The third-order valence-corrected chi connectivity index (χ3v) is 6.26. The lowest BCUT2D eigenvalue weighted by Gasteiger charge is -2.36. The van der Waals surface area contributed by atoms with Crippen LogP contribution in [0.5, 0.6) is 5.75 Å². The Morgan fingerprint density at radius 2 is 1.44 bits per heavy atom. The van der Waals surface area contributed by atoms with Crippen molar-refractivity contribution in [1.82, 2.24) is 4.90 Å². The summed E-state index contributed by atoms with van der Waals surface area (Å²) in [7, 11) is 1.63. The van der Waals surface area contributed by atoms with Crippen molar-refractivity contribution in [3.05, 3.63) is 89.5 Å². The summed E-state index contributed by atoms with van der Waals surface area (Å²) in [6.45, 7) is 5.05. The van der Waals surface area contributed by atoms with Gasteiger partial charge in [-0.1, -0.05) is 31.2 Å². The topological polar surface area (TPSA) is 61.9 Å². The number of hydrogen-bond donors (Lipinski definition) is 1. The summed E-state index contributed by atoms with van der Waals surface area (Å²) < 4.78 is 5.18. The highest BCUT2D eigenvalue weighted by molar-refractivity contribution is 6.04. The number of carbonyl (C=O) groups excluding carboxylic acids is 2. The minimum atomic E-state index is -0.112. The highest BCUT2D eigenvalue weighted by Gasteiger charge is 2.21. The van der Waals surface area contributed by atoms with Gasteiger partial charge in [0.25, 0.3) is 5.91 Å². The van der Waals surface area contributed by atoms with Crippen molar-refractivity contribution in [3.8, 4) is 5.75 Å². The quantitative estimate of drug-likeness (QED) is 0.571. The predicted octanol–water partition coefficient (Wildman–Crippen LogP) is 4.40. The molecular formula is C28H31N3O3. The number of rotatable bonds is 7. The van der Waals surface area contributed by atoms with Crippen LogP contribution in [0, 0.1) is 0 Å². The Hall–Kier alpha value is -3.80. The Morgan fingerprint density at radius 3 is 2.03 bits per heavy atom. The second-order valence-corrected chi connectivity index (χ2v) is 8.44. The number of benzene rings is 3. The van der Waals surface area contributed by atoms with Gasteiger partial charge in [0.1, 0.15) is 5.75 Å². The van der Waals surface area contributed by atoms with Gasteiger partial charge in [-0.25, -0.2) is 0 Å². The molecule has 6 heteroatoms. The molecule has 0 atom stereocenters. The zero-order valence-electron chi connectivity index (χ0n) is 19.8. The molecule has 0 radical (unpaired) electrons. The van der Waals surface area contributed by atoms with E-state index in [0.717, 1.165) is 42.2 Å². The van der Waals surface area contributed by atoms with Gasteiger partial charge < -0.3 is 19.9 Å². The Morgan fingerprint density at radius 1 is 0.824 bits per heavy atom. The van der Waals surface area contributed by atoms with Gasteiger partial charge in [-0.15, -0.1) is 0 Å². The van der Waals surface area contributed by atoms with Crippen LogP contribution in [0.15, 0.2) is 72.8 Å². The van der Waals surface area contributed by atoms with Crippen molar-refractivity contribution in [2.45, 2.75) is 19.8 Å². The number of hydrogen-bond acceptors (Lipinski definition) is 4. The summed E-state index contributed by atoms with van der Waals surface area (Å²) in [6.07, 6.45) is 1.36. The van der Waals surface area contributed by atoms with Gasteiger partial charge in [-0.05, 0) is 66.1 Å². The maximum atomic E-state index is 12.7. The Kier molecular flexibility index (Phi) is 7.48. The normalized spacial score (nSPS) is 13.5. The van der Waals surface area contributed by atoms with E-state index in [1.165, 1.54) is 5.56 Å². The van der Waals surface area contributed by atoms with E-state index < -0.39 is 0 Å². The second-order valence-electron chi connectivity index (χ2n) is 8.44. The first-order valence-corrected chi connectivity index (χ1v) is 11.7. The minimum absolute atomic E-state index is 0.112. The van der Waals surface area contributed by atoms with Gasteiger partial charge in [0.05, 0.1) is 13.5 Å². The van der Waals surface area contributed by atoms with Gasteiger partial charge in [0, 0.05) is 43.1 Å². The van der Waals surface area contributed by atoms with Crippen LogP contribution < -0.4 is 15.0 Å². The van der Waals surface area contributed by atoms with Gasteiger partial charge in [-0.3, -0.25) is 9.59 Å². The van der Waals surface area contributed by atoms with Crippen molar-refractivity contribution in [1.29, 1.82) is 0 Å². The summed E-state index contributed by atoms with van der Waals surface area (Å²) in [6, 6.07) is 23.2. The Bertz CT molecular complexity index is 1100. The molecule has 6 nitrogen and oxygen atoms in total. The third-order valence-electron chi connectivity index (χ3n) is 6.26. The minimum Gasteiger partial charge on any atom is -0.497 e. The SMILES string of the molecule is CCc1ccc(C(=O)Nc2ccc(N3CCN(C(=O)Cc4ccc(OC)cc4)CC3)cc2)cc1. The highest BCUT2D eigenvalue weighted by Crippen LogP contribution is 2.21. The van der Waals surface area contributed by atoms with Crippen molar-refractivity contribution >= 4 is 23.2 Å². The van der Waals surface area contributed by atoms with Crippen LogP contribution >= 0.6 is 0 Å². The Labute approximate surface area is 201 Å². The van der Waals surface area contributed by atoms with Crippen molar-refractivity contribution in [2.24, 2.45) is 0 Å².